The number of rotatable bonds is 5. The first kappa shape index (κ1) is 14.6. The number of furan rings is 1. The summed E-state index contributed by atoms with van der Waals surface area (Å²) in [7, 11) is 0. The summed E-state index contributed by atoms with van der Waals surface area (Å²) in [6.07, 6.45) is 1.95. The number of hydrogen-bond acceptors (Lipinski definition) is 4. The molecule has 1 aliphatic heterocycles. The molecular formula is C13H18BrNO4. The van der Waals surface area contributed by atoms with Crippen molar-refractivity contribution in [2.24, 2.45) is 5.92 Å². The van der Waals surface area contributed by atoms with Gasteiger partial charge in [-0.05, 0) is 53.2 Å². The molecule has 0 unspecified atom stereocenters. The molecule has 0 bridgehead atoms. The number of amides is 1. The van der Waals surface area contributed by atoms with Gasteiger partial charge in [0.2, 0.25) is 0 Å². The van der Waals surface area contributed by atoms with Gasteiger partial charge in [-0.3, -0.25) is 4.79 Å². The normalized spacial score (nSPS) is 18.2. The Morgan fingerprint density at radius 1 is 1.47 bits per heavy atom. The molecule has 0 spiro atoms. The van der Waals surface area contributed by atoms with E-state index in [0.717, 1.165) is 12.8 Å². The lowest BCUT2D eigenvalue weighted by molar-refractivity contribution is 0.00525. The van der Waals surface area contributed by atoms with Crippen molar-refractivity contribution < 1.29 is 19.1 Å². The largest absolute Gasteiger partial charge is 0.444 e. The predicted octanol–water partition coefficient (Wildman–Crippen LogP) is 1.95. The maximum atomic E-state index is 11.7. The molecular weight excluding hydrogens is 314 g/mol. The fourth-order valence-corrected chi connectivity index (χ4v) is 2.50. The van der Waals surface area contributed by atoms with Crippen LogP contribution in [0.4, 0.5) is 0 Å². The molecule has 1 saturated heterocycles. The molecule has 2 rings (SSSR count). The Labute approximate surface area is 120 Å². The first-order chi connectivity index (χ1) is 9.16. The van der Waals surface area contributed by atoms with Gasteiger partial charge in [0, 0.05) is 19.8 Å². The second kappa shape index (κ2) is 7.07. The summed E-state index contributed by atoms with van der Waals surface area (Å²) in [6.45, 7) is 1.87. The van der Waals surface area contributed by atoms with Crippen molar-refractivity contribution in [3.05, 3.63) is 22.6 Å². The molecule has 1 atom stereocenters. The summed E-state index contributed by atoms with van der Waals surface area (Å²) >= 11 is 3.15. The van der Waals surface area contributed by atoms with Crippen molar-refractivity contribution >= 4 is 21.8 Å². The molecule has 2 heterocycles. The molecule has 6 heteroatoms. The van der Waals surface area contributed by atoms with E-state index in [4.69, 9.17) is 9.15 Å². The van der Waals surface area contributed by atoms with E-state index < -0.39 is 0 Å². The Kier molecular flexibility index (Phi) is 5.42. The zero-order chi connectivity index (χ0) is 13.7. The SMILES string of the molecule is O=C(NCC[C@H](O)C1CCOCC1)c1ccc(Br)o1. The number of aliphatic hydroxyl groups excluding tert-OH is 1. The zero-order valence-electron chi connectivity index (χ0n) is 10.6. The molecule has 2 N–H and O–H groups in total. The van der Waals surface area contributed by atoms with Crippen LogP contribution in [0.5, 0.6) is 0 Å². The minimum absolute atomic E-state index is 0.259. The molecule has 0 aromatic carbocycles. The highest BCUT2D eigenvalue weighted by molar-refractivity contribution is 9.10. The van der Waals surface area contributed by atoms with Gasteiger partial charge < -0.3 is 19.6 Å². The maximum absolute atomic E-state index is 11.7. The van der Waals surface area contributed by atoms with Gasteiger partial charge in [-0.25, -0.2) is 0 Å². The van der Waals surface area contributed by atoms with Crippen LogP contribution in [-0.2, 0) is 4.74 Å². The minimum atomic E-state index is -0.382. The van der Waals surface area contributed by atoms with Gasteiger partial charge in [0.25, 0.3) is 5.91 Å². The summed E-state index contributed by atoms with van der Waals surface area (Å²) in [5.74, 6) is 0.292. The molecule has 1 fully saturated rings. The van der Waals surface area contributed by atoms with Gasteiger partial charge >= 0.3 is 0 Å². The smallest absolute Gasteiger partial charge is 0.287 e. The number of hydrogen-bond donors (Lipinski definition) is 2. The van der Waals surface area contributed by atoms with Crippen LogP contribution in [-0.4, -0.2) is 36.9 Å². The highest BCUT2D eigenvalue weighted by atomic mass is 79.9. The Hall–Kier alpha value is -0.850. The molecule has 1 amide bonds. The number of aliphatic hydroxyl groups is 1. The lowest BCUT2D eigenvalue weighted by atomic mass is 9.92. The Bertz CT molecular complexity index is 415. The predicted molar refractivity (Wildman–Crippen MR) is 72.9 cm³/mol. The molecule has 19 heavy (non-hydrogen) atoms. The van der Waals surface area contributed by atoms with Crippen molar-refractivity contribution in [1.82, 2.24) is 5.32 Å². The molecule has 1 aliphatic rings. The van der Waals surface area contributed by atoms with Crippen LogP contribution < -0.4 is 5.32 Å². The molecule has 106 valence electrons. The summed E-state index contributed by atoms with van der Waals surface area (Å²) in [6, 6.07) is 3.28. The topological polar surface area (TPSA) is 71.7 Å². The lowest BCUT2D eigenvalue weighted by Crippen LogP contribution is -2.32. The summed E-state index contributed by atoms with van der Waals surface area (Å²) in [5, 5.41) is 12.8. The van der Waals surface area contributed by atoms with E-state index in [2.05, 4.69) is 21.2 Å². The van der Waals surface area contributed by atoms with Crippen LogP contribution in [0.2, 0.25) is 0 Å². The van der Waals surface area contributed by atoms with Crippen LogP contribution in [0.1, 0.15) is 29.8 Å². The number of carbonyl (C=O) groups is 1. The molecule has 1 aromatic heterocycles. The van der Waals surface area contributed by atoms with Gasteiger partial charge in [-0.15, -0.1) is 0 Å². The quantitative estimate of drug-likeness (QED) is 0.865. The third-order valence-electron chi connectivity index (χ3n) is 3.33. The van der Waals surface area contributed by atoms with Gasteiger partial charge in [0.05, 0.1) is 6.10 Å². The summed E-state index contributed by atoms with van der Waals surface area (Å²) < 4.78 is 10.9. The van der Waals surface area contributed by atoms with Crippen molar-refractivity contribution in [3.8, 4) is 0 Å². The van der Waals surface area contributed by atoms with Gasteiger partial charge in [0.15, 0.2) is 10.4 Å². The third kappa shape index (κ3) is 4.33. The monoisotopic (exact) mass is 331 g/mol. The van der Waals surface area contributed by atoms with E-state index in [1.807, 2.05) is 0 Å². The second-order valence-electron chi connectivity index (χ2n) is 4.67. The highest BCUT2D eigenvalue weighted by Gasteiger charge is 2.22. The standard InChI is InChI=1S/C13H18BrNO4/c14-12-2-1-11(19-12)13(17)15-6-3-10(16)9-4-7-18-8-5-9/h1-2,9-10,16H,3-8H2,(H,15,17)/t10-/m0/s1. The van der Waals surface area contributed by atoms with Crippen LogP contribution in [0, 0.1) is 5.92 Å². The van der Waals surface area contributed by atoms with Crippen molar-refractivity contribution in [2.45, 2.75) is 25.4 Å². The highest BCUT2D eigenvalue weighted by Crippen LogP contribution is 2.20. The molecule has 0 aliphatic carbocycles. The average Bonchev–Trinajstić information content (AvgIpc) is 2.86. The number of nitrogens with one attached hydrogen (secondary N) is 1. The van der Waals surface area contributed by atoms with Crippen molar-refractivity contribution in [1.29, 1.82) is 0 Å². The summed E-state index contributed by atoms with van der Waals surface area (Å²) in [5.41, 5.74) is 0. The maximum Gasteiger partial charge on any atom is 0.287 e. The van der Waals surface area contributed by atoms with E-state index >= 15 is 0 Å². The molecule has 1 aromatic rings. The minimum Gasteiger partial charge on any atom is -0.444 e. The van der Waals surface area contributed by atoms with Crippen LogP contribution >= 0.6 is 15.9 Å². The fourth-order valence-electron chi connectivity index (χ4n) is 2.19. The zero-order valence-corrected chi connectivity index (χ0v) is 12.2. The number of halogens is 1. The fraction of sp³-hybridized carbons (Fsp3) is 0.615. The van der Waals surface area contributed by atoms with Gasteiger partial charge in [-0.2, -0.15) is 0 Å². The van der Waals surface area contributed by atoms with Gasteiger partial charge in [0.1, 0.15) is 0 Å². The van der Waals surface area contributed by atoms with E-state index in [1.54, 1.807) is 12.1 Å². The van der Waals surface area contributed by atoms with Crippen molar-refractivity contribution in [2.75, 3.05) is 19.8 Å². The van der Waals surface area contributed by atoms with Crippen molar-refractivity contribution in [3.63, 3.8) is 0 Å². The lowest BCUT2D eigenvalue weighted by Gasteiger charge is -2.26. The number of carbonyl (C=O) groups excluding carboxylic acids is 1. The van der Waals surface area contributed by atoms with E-state index in [0.29, 0.717) is 30.8 Å². The van der Waals surface area contributed by atoms with Crippen LogP contribution in [0.25, 0.3) is 0 Å². The summed E-state index contributed by atoms with van der Waals surface area (Å²) in [4.78, 5) is 11.7. The Balaban J connectivity index is 1.69. The van der Waals surface area contributed by atoms with Gasteiger partial charge in [-0.1, -0.05) is 0 Å². The first-order valence-electron chi connectivity index (χ1n) is 6.46. The van der Waals surface area contributed by atoms with Crippen LogP contribution in [0.3, 0.4) is 0 Å². The second-order valence-corrected chi connectivity index (χ2v) is 5.45. The average molecular weight is 332 g/mol. The van der Waals surface area contributed by atoms with Crippen LogP contribution in [0.15, 0.2) is 21.2 Å². The van der Waals surface area contributed by atoms with E-state index in [-0.39, 0.29) is 23.7 Å². The van der Waals surface area contributed by atoms with E-state index in [1.165, 1.54) is 0 Å². The Morgan fingerprint density at radius 3 is 2.84 bits per heavy atom. The third-order valence-corrected chi connectivity index (χ3v) is 3.76. The molecule has 0 radical (unpaired) electrons. The molecule has 5 nitrogen and oxygen atoms in total. The first-order valence-corrected chi connectivity index (χ1v) is 7.25. The van der Waals surface area contributed by atoms with E-state index in [9.17, 15) is 9.90 Å². The molecule has 0 saturated carbocycles. The number of ether oxygens (including phenoxy) is 1. The Morgan fingerprint density at radius 2 is 2.21 bits per heavy atom.